The molecule has 2 aromatic rings. The van der Waals surface area contributed by atoms with Gasteiger partial charge in [-0.2, -0.15) is 0 Å². The summed E-state index contributed by atoms with van der Waals surface area (Å²) >= 11 is 3.45. The molecule has 0 unspecified atom stereocenters. The molecule has 0 amide bonds. The van der Waals surface area contributed by atoms with Crippen molar-refractivity contribution in [2.75, 3.05) is 0 Å². The molecule has 0 aromatic carbocycles. The monoisotopic (exact) mass is 253 g/mol. The molecule has 2 aromatic heterocycles. The molecule has 0 fully saturated rings. The predicted molar refractivity (Wildman–Crippen MR) is 59.2 cm³/mol. The SMILES string of the molecule is CC(C)Cc1nc(Br)c2ccncn12. The maximum absolute atomic E-state index is 4.47. The lowest BCUT2D eigenvalue weighted by Gasteiger charge is -2.02. The standard InChI is InChI=1S/C10H12BrN3/c1-7(2)5-9-13-10(11)8-3-4-12-6-14(8)9/h3-4,6-7H,5H2,1-2H3. The fourth-order valence-electron chi connectivity index (χ4n) is 1.47. The van der Waals surface area contributed by atoms with Crippen molar-refractivity contribution in [3.63, 3.8) is 0 Å². The van der Waals surface area contributed by atoms with Crippen molar-refractivity contribution in [3.8, 4) is 0 Å². The largest absolute Gasteiger partial charge is 0.286 e. The van der Waals surface area contributed by atoms with Crippen molar-refractivity contribution in [1.82, 2.24) is 14.4 Å². The van der Waals surface area contributed by atoms with E-state index in [1.54, 1.807) is 6.20 Å². The molecule has 74 valence electrons. The highest BCUT2D eigenvalue weighted by Crippen LogP contribution is 2.19. The third-order valence-electron chi connectivity index (χ3n) is 2.07. The van der Waals surface area contributed by atoms with Crippen LogP contribution in [0.15, 0.2) is 23.2 Å². The minimum Gasteiger partial charge on any atom is -0.286 e. The third kappa shape index (κ3) is 1.66. The highest BCUT2D eigenvalue weighted by Gasteiger charge is 2.09. The van der Waals surface area contributed by atoms with Crippen LogP contribution in [0.1, 0.15) is 19.7 Å². The molecule has 0 aliphatic heterocycles. The Labute approximate surface area is 91.3 Å². The zero-order valence-electron chi connectivity index (χ0n) is 8.24. The van der Waals surface area contributed by atoms with E-state index in [0.29, 0.717) is 5.92 Å². The fraction of sp³-hybridized carbons (Fsp3) is 0.400. The Morgan fingerprint density at radius 2 is 2.29 bits per heavy atom. The molecule has 0 saturated carbocycles. The second kappa shape index (κ2) is 3.69. The van der Waals surface area contributed by atoms with Gasteiger partial charge in [0.2, 0.25) is 0 Å². The van der Waals surface area contributed by atoms with Crippen LogP contribution in [-0.4, -0.2) is 14.4 Å². The maximum atomic E-state index is 4.47. The second-order valence-corrected chi connectivity index (χ2v) is 4.50. The number of fused-ring (bicyclic) bond motifs is 1. The van der Waals surface area contributed by atoms with Crippen molar-refractivity contribution in [2.24, 2.45) is 5.92 Å². The van der Waals surface area contributed by atoms with Crippen molar-refractivity contribution in [1.29, 1.82) is 0 Å². The Bertz CT molecular complexity index is 448. The molecular weight excluding hydrogens is 242 g/mol. The summed E-state index contributed by atoms with van der Waals surface area (Å²) in [6.45, 7) is 4.37. The molecule has 2 heterocycles. The first-order chi connectivity index (χ1) is 6.68. The van der Waals surface area contributed by atoms with Crippen LogP contribution in [0.4, 0.5) is 0 Å². The minimum atomic E-state index is 0.604. The van der Waals surface area contributed by atoms with Crippen LogP contribution in [0.5, 0.6) is 0 Å². The highest BCUT2D eigenvalue weighted by molar-refractivity contribution is 9.10. The molecule has 4 heteroatoms. The molecule has 14 heavy (non-hydrogen) atoms. The predicted octanol–water partition coefficient (Wildman–Crippen LogP) is 2.69. The lowest BCUT2D eigenvalue weighted by atomic mass is 10.1. The van der Waals surface area contributed by atoms with Gasteiger partial charge in [-0.1, -0.05) is 13.8 Å². The Hall–Kier alpha value is -0.900. The number of hydrogen-bond acceptors (Lipinski definition) is 2. The van der Waals surface area contributed by atoms with Crippen LogP contribution in [0.2, 0.25) is 0 Å². The molecule has 0 aliphatic carbocycles. The first-order valence-electron chi connectivity index (χ1n) is 4.65. The zero-order valence-corrected chi connectivity index (χ0v) is 9.82. The van der Waals surface area contributed by atoms with Gasteiger partial charge in [0.15, 0.2) is 0 Å². The number of rotatable bonds is 2. The van der Waals surface area contributed by atoms with E-state index in [4.69, 9.17) is 0 Å². The molecule has 0 radical (unpaired) electrons. The second-order valence-electron chi connectivity index (χ2n) is 3.75. The Kier molecular flexibility index (Phi) is 2.54. The highest BCUT2D eigenvalue weighted by atomic mass is 79.9. The molecular formula is C10H12BrN3. The van der Waals surface area contributed by atoms with E-state index in [0.717, 1.165) is 22.4 Å². The number of nitrogens with zero attached hydrogens (tertiary/aromatic N) is 3. The van der Waals surface area contributed by atoms with Gasteiger partial charge >= 0.3 is 0 Å². The molecule has 3 nitrogen and oxygen atoms in total. The zero-order chi connectivity index (χ0) is 10.1. The molecule has 0 aliphatic rings. The van der Waals surface area contributed by atoms with Gasteiger partial charge < -0.3 is 0 Å². The maximum Gasteiger partial charge on any atom is 0.132 e. The summed E-state index contributed by atoms with van der Waals surface area (Å²) in [5.74, 6) is 1.67. The van der Waals surface area contributed by atoms with Gasteiger partial charge in [0.25, 0.3) is 0 Å². The topological polar surface area (TPSA) is 30.2 Å². The van der Waals surface area contributed by atoms with E-state index in [2.05, 4.69) is 39.7 Å². The van der Waals surface area contributed by atoms with Crippen LogP contribution in [0, 0.1) is 5.92 Å². The van der Waals surface area contributed by atoms with E-state index >= 15 is 0 Å². The van der Waals surface area contributed by atoms with Gasteiger partial charge in [0, 0.05) is 12.6 Å². The van der Waals surface area contributed by atoms with Gasteiger partial charge in [-0.15, -0.1) is 0 Å². The summed E-state index contributed by atoms with van der Waals surface area (Å²) in [4.78, 5) is 8.57. The summed E-state index contributed by atoms with van der Waals surface area (Å²) in [6, 6.07) is 1.96. The Balaban J connectivity index is 2.55. The van der Waals surface area contributed by atoms with Crippen LogP contribution in [0.25, 0.3) is 5.52 Å². The minimum absolute atomic E-state index is 0.604. The van der Waals surface area contributed by atoms with Gasteiger partial charge in [-0.3, -0.25) is 4.40 Å². The number of imidazole rings is 1. The smallest absolute Gasteiger partial charge is 0.132 e. The van der Waals surface area contributed by atoms with E-state index in [9.17, 15) is 0 Å². The van der Waals surface area contributed by atoms with Crippen molar-refractivity contribution >= 4 is 21.4 Å². The number of hydrogen-bond donors (Lipinski definition) is 0. The molecule has 2 rings (SSSR count). The average molecular weight is 254 g/mol. The average Bonchev–Trinajstić information content (AvgIpc) is 2.44. The van der Waals surface area contributed by atoms with Gasteiger partial charge in [-0.25, -0.2) is 9.97 Å². The molecule has 0 bridgehead atoms. The summed E-state index contributed by atoms with van der Waals surface area (Å²) < 4.78 is 2.93. The summed E-state index contributed by atoms with van der Waals surface area (Å²) in [5.41, 5.74) is 1.08. The van der Waals surface area contributed by atoms with Crippen LogP contribution in [-0.2, 0) is 6.42 Å². The fourth-order valence-corrected chi connectivity index (χ4v) is 2.00. The Morgan fingerprint density at radius 3 is 3.00 bits per heavy atom. The molecule has 0 N–H and O–H groups in total. The normalized spacial score (nSPS) is 11.4. The lowest BCUT2D eigenvalue weighted by Crippen LogP contribution is -2.00. The third-order valence-corrected chi connectivity index (χ3v) is 2.65. The molecule has 0 saturated heterocycles. The van der Waals surface area contributed by atoms with Gasteiger partial charge in [0.1, 0.15) is 16.8 Å². The van der Waals surface area contributed by atoms with Crippen LogP contribution >= 0.6 is 15.9 Å². The van der Waals surface area contributed by atoms with Crippen molar-refractivity contribution < 1.29 is 0 Å². The number of aromatic nitrogens is 3. The summed E-state index contributed by atoms with van der Waals surface area (Å²) in [6.07, 6.45) is 4.56. The van der Waals surface area contributed by atoms with E-state index < -0.39 is 0 Å². The first-order valence-corrected chi connectivity index (χ1v) is 5.44. The van der Waals surface area contributed by atoms with E-state index in [-0.39, 0.29) is 0 Å². The lowest BCUT2D eigenvalue weighted by molar-refractivity contribution is 0.617. The molecule has 0 atom stereocenters. The molecule has 0 spiro atoms. The van der Waals surface area contributed by atoms with E-state index in [1.807, 2.05) is 16.8 Å². The number of halogens is 1. The summed E-state index contributed by atoms with van der Waals surface area (Å²) in [7, 11) is 0. The van der Waals surface area contributed by atoms with Crippen LogP contribution in [0.3, 0.4) is 0 Å². The summed E-state index contributed by atoms with van der Waals surface area (Å²) in [5, 5.41) is 0. The quantitative estimate of drug-likeness (QED) is 0.824. The Morgan fingerprint density at radius 1 is 1.50 bits per heavy atom. The van der Waals surface area contributed by atoms with Crippen molar-refractivity contribution in [3.05, 3.63) is 29.0 Å². The van der Waals surface area contributed by atoms with Gasteiger partial charge in [0.05, 0.1) is 5.52 Å². The van der Waals surface area contributed by atoms with Crippen LogP contribution < -0.4 is 0 Å². The van der Waals surface area contributed by atoms with Gasteiger partial charge in [-0.05, 0) is 27.9 Å². The van der Waals surface area contributed by atoms with Crippen molar-refractivity contribution in [2.45, 2.75) is 20.3 Å². The first kappa shape index (κ1) is 9.65. The van der Waals surface area contributed by atoms with E-state index in [1.165, 1.54) is 0 Å².